The van der Waals surface area contributed by atoms with Crippen molar-refractivity contribution in [2.45, 2.75) is 19.0 Å². The first-order chi connectivity index (χ1) is 8.06. The molecule has 2 rings (SSSR count). The van der Waals surface area contributed by atoms with E-state index in [1.54, 1.807) is 4.57 Å². The zero-order valence-corrected chi connectivity index (χ0v) is 9.88. The third kappa shape index (κ3) is 2.85. The van der Waals surface area contributed by atoms with Gasteiger partial charge in [-0.1, -0.05) is 0 Å². The largest absolute Gasteiger partial charge is 0.476 e. The van der Waals surface area contributed by atoms with Crippen molar-refractivity contribution in [3.05, 3.63) is 11.9 Å². The Morgan fingerprint density at radius 3 is 3.18 bits per heavy atom. The molecule has 0 spiro atoms. The number of carbonyl (C=O) groups is 1. The summed E-state index contributed by atoms with van der Waals surface area (Å²) in [6, 6.07) is -0.0207. The molecule has 9 heteroatoms. The van der Waals surface area contributed by atoms with Crippen LogP contribution in [0.4, 0.5) is 5.95 Å². The molecule has 2 unspecified atom stereocenters. The molecular formula is C8H13N4O4P. The molecule has 8 nitrogen and oxygen atoms in total. The molecule has 17 heavy (non-hydrogen) atoms. The molecule has 0 aromatic carbocycles. The van der Waals surface area contributed by atoms with Crippen LogP contribution in [0, 0.1) is 0 Å². The second kappa shape index (κ2) is 4.87. The van der Waals surface area contributed by atoms with Crippen LogP contribution in [-0.2, 0) is 11.1 Å². The second-order valence-corrected chi connectivity index (χ2v) is 4.73. The van der Waals surface area contributed by atoms with E-state index >= 15 is 0 Å². The molecule has 4 N–H and O–H groups in total. The Morgan fingerprint density at radius 2 is 2.53 bits per heavy atom. The molecule has 0 fully saturated rings. The monoisotopic (exact) mass is 260 g/mol. The minimum Gasteiger partial charge on any atom is -0.476 e. The fraction of sp³-hybridized carbons (Fsp3) is 0.500. The fourth-order valence-corrected chi connectivity index (χ4v) is 2.14. The molecule has 0 bridgehead atoms. The third-order valence-electron chi connectivity index (χ3n) is 2.55. The number of hydrogen-bond acceptors (Lipinski definition) is 4. The Balaban J connectivity index is 2.03. The molecule has 1 aliphatic rings. The van der Waals surface area contributed by atoms with Gasteiger partial charge in [-0.2, -0.15) is 0 Å². The Labute approximate surface area is 97.6 Å². The highest BCUT2D eigenvalue weighted by molar-refractivity contribution is 7.35. The SMILES string of the molecule is O=C(O)c1cn2c(n1)NC(CN[PH](=O)O)CC2. The highest BCUT2D eigenvalue weighted by atomic mass is 31.1. The molecule has 0 amide bonds. The first kappa shape index (κ1) is 12.1. The van der Waals surface area contributed by atoms with Gasteiger partial charge in [-0.25, -0.2) is 14.9 Å². The van der Waals surface area contributed by atoms with Crippen LogP contribution in [0.25, 0.3) is 0 Å². The average Bonchev–Trinajstić information content (AvgIpc) is 2.69. The molecule has 2 atom stereocenters. The lowest BCUT2D eigenvalue weighted by Crippen LogP contribution is -2.35. The predicted molar refractivity (Wildman–Crippen MR) is 60.4 cm³/mol. The first-order valence-corrected chi connectivity index (χ1v) is 6.45. The van der Waals surface area contributed by atoms with Gasteiger partial charge < -0.3 is 19.9 Å². The molecule has 1 aromatic heterocycles. The van der Waals surface area contributed by atoms with Crippen molar-refractivity contribution in [2.75, 3.05) is 11.9 Å². The summed E-state index contributed by atoms with van der Waals surface area (Å²) in [6.45, 7) is 0.991. The molecular weight excluding hydrogens is 247 g/mol. The Morgan fingerprint density at radius 1 is 1.76 bits per heavy atom. The number of carboxylic acids is 1. The molecule has 94 valence electrons. The van der Waals surface area contributed by atoms with Crippen molar-refractivity contribution in [2.24, 2.45) is 0 Å². The molecule has 1 aliphatic heterocycles. The van der Waals surface area contributed by atoms with E-state index in [1.807, 2.05) is 0 Å². The van der Waals surface area contributed by atoms with Crippen LogP contribution in [0.1, 0.15) is 16.9 Å². The summed E-state index contributed by atoms with van der Waals surface area (Å²) in [5.74, 6) is -0.582. The maximum Gasteiger partial charge on any atom is 0.356 e. The molecule has 1 aromatic rings. The number of rotatable bonds is 4. The third-order valence-corrected chi connectivity index (χ3v) is 3.05. The average molecular weight is 260 g/mol. The van der Waals surface area contributed by atoms with Crippen LogP contribution in [0.5, 0.6) is 0 Å². The molecule has 0 radical (unpaired) electrons. The Kier molecular flexibility index (Phi) is 3.46. The maximum atomic E-state index is 10.7. The summed E-state index contributed by atoms with van der Waals surface area (Å²) in [6.07, 6.45) is 2.22. The van der Waals surface area contributed by atoms with Crippen LogP contribution < -0.4 is 10.4 Å². The summed E-state index contributed by atoms with van der Waals surface area (Å²) in [4.78, 5) is 23.3. The van der Waals surface area contributed by atoms with Crippen molar-refractivity contribution < 1.29 is 19.4 Å². The van der Waals surface area contributed by atoms with Crippen molar-refractivity contribution >= 4 is 20.1 Å². The first-order valence-electron chi connectivity index (χ1n) is 5.10. The van der Waals surface area contributed by atoms with Gasteiger partial charge in [-0.05, 0) is 6.42 Å². The summed E-state index contributed by atoms with van der Waals surface area (Å²) in [5, 5.41) is 14.3. The zero-order valence-electron chi connectivity index (χ0n) is 8.88. The number of fused-ring (bicyclic) bond motifs is 1. The van der Waals surface area contributed by atoms with Crippen LogP contribution in [0.2, 0.25) is 0 Å². The minimum atomic E-state index is -2.68. The van der Waals surface area contributed by atoms with E-state index in [9.17, 15) is 9.36 Å². The topological polar surface area (TPSA) is 116 Å². The number of hydrogen-bond donors (Lipinski definition) is 4. The number of anilines is 1. The Hall–Kier alpha value is -1.37. The van der Waals surface area contributed by atoms with Crippen LogP contribution >= 0.6 is 8.18 Å². The maximum absolute atomic E-state index is 10.7. The van der Waals surface area contributed by atoms with Crippen molar-refractivity contribution in [1.82, 2.24) is 14.6 Å². The van der Waals surface area contributed by atoms with E-state index in [0.717, 1.165) is 6.42 Å². The summed E-state index contributed by atoms with van der Waals surface area (Å²) in [7, 11) is -2.68. The zero-order chi connectivity index (χ0) is 12.4. The van der Waals surface area contributed by atoms with Gasteiger partial charge in [0.2, 0.25) is 5.95 Å². The lowest BCUT2D eigenvalue weighted by Gasteiger charge is -2.25. The highest BCUT2D eigenvalue weighted by Gasteiger charge is 2.21. The van der Waals surface area contributed by atoms with Crippen LogP contribution in [-0.4, -0.2) is 38.1 Å². The summed E-state index contributed by atoms with van der Waals surface area (Å²) in [5.41, 5.74) is -0.00292. The number of aromatic carboxylic acids is 1. The van der Waals surface area contributed by atoms with Crippen molar-refractivity contribution in [3.8, 4) is 0 Å². The Bertz CT molecular complexity index is 460. The summed E-state index contributed by atoms with van der Waals surface area (Å²) < 4.78 is 12.3. The smallest absolute Gasteiger partial charge is 0.356 e. The van der Waals surface area contributed by atoms with Crippen molar-refractivity contribution in [1.29, 1.82) is 0 Å². The number of imidazole rings is 1. The van der Waals surface area contributed by atoms with E-state index in [-0.39, 0.29) is 11.7 Å². The normalized spacial score (nSPS) is 20.4. The van der Waals surface area contributed by atoms with Crippen molar-refractivity contribution in [3.63, 3.8) is 0 Å². The number of aromatic nitrogens is 2. The van der Waals surface area contributed by atoms with Gasteiger partial charge in [0.25, 0.3) is 8.18 Å². The van der Waals surface area contributed by atoms with E-state index in [1.165, 1.54) is 6.20 Å². The molecule has 0 saturated carbocycles. The van der Waals surface area contributed by atoms with E-state index in [2.05, 4.69) is 15.4 Å². The van der Waals surface area contributed by atoms with E-state index in [4.69, 9.17) is 10.00 Å². The number of nitrogens with one attached hydrogen (secondary N) is 2. The fourth-order valence-electron chi connectivity index (χ4n) is 1.72. The second-order valence-electron chi connectivity index (χ2n) is 3.76. The number of aryl methyl sites for hydroxylation is 1. The quantitative estimate of drug-likeness (QED) is 0.551. The van der Waals surface area contributed by atoms with Gasteiger partial charge in [-0.3, -0.25) is 4.57 Å². The van der Waals surface area contributed by atoms with Gasteiger partial charge in [0.1, 0.15) is 0 Å². The predicted octanol–water partition coefficient (Wildman–Crippen LogP) is -0.263. The molecule has 0 aliphatic carbocycles. The highest BCUT2D eigenvalue weighted by Crippen LogP contribution is 2.18. The van der Waals surface area contributed by atoms with Gasteiger partial charge in [0, 0.05) is 25.3 Å². The van der Waals surface area contributed by atoms with Crippen LogP contribution in [0.15, 0.2) is 6.20 Å². The number of nitrogens with zero attached hydrogens (tertiary/aromatic N) is 2. The molecule has 0 saturated heterocycles. The van der Waals surface area contributed by atoms with E-state index < -0.39 is 14.1 Å². The van der Waals surface area contributed by atoms with Gasteiger partial charge in [0.15, 0.2) is 5.69 Å². The minimum absolute atomic E-state index is 0.00292. The van der Waals surface area contributed by atoms with Gasteiger partial charge in [0.05, 0.1) is 0 Å². The summed E-state index contributed by atoms with van der Waals surface area (Å²) >= 11 is 0. The lowest BCUT2D eigenvalue weighted by molar-refractivity contribution is 0.0691. The van der Waals surface area contributed by atoms with Gasteiger partial charge >= 0.3 is 5.97 Å². The number of carboxylic acid groups (broad SMARTS) is 1. The van der Waals surface area contributed by atoms with Crippen LogP contribution in [0.3, 0.4) is 0 Å². The van der Waals surface area contributed by atoms with E-state index in [0.29, 0.717) is 19.0 Å². The molecule has 2 heterocycles. The van der Waals surface area contributed by atoms with Gasteiger partial charge in [-0.15, -0.1) is 0 Å². The standard InChI is InChI=1S/C8H13N4O4P/c13-7(14)6-4-12-2-1-5(3-9-17(15)16)10-8(12)11-6/h4-5,17H,1-3H2,(H,10,11)(H,13,14)(H2,9,15,16). The lowest BCUT2D eigenvalue weighted by atomic mass is 10.2.